The van der Waals surface area contributed by atoms with Crippen LogP contribution < -0.4 is 10.1 Å². The lowest BCUT2D eigenvalue weighted by Gasteiger charge is -2.23. The molecule has 2 unspecified atom stereocenters. The fourth-order valence-corrected chi connectivity index (χ4v) is 2.65. The third kappa shape index (κ3) is 4.61. The molecule has 0 saturated heterocycles. The van der Waals surface area contributed by atoms with Crippen LogP contribution in [-0.2, 0) is 6.42 Å². The summed E-state index contributed by atoms with van der Waals surface area (Å²) in [5.74, 6) is 0.912. The van der Waals surface area contributed by atoms with E-state index >= 15 is 0 Å². The summed E-state index contributed by atoms with van der Waals surface area (Å²) < 4.78 is 5.20. The molecule has 2 atom stereocenters. The van der Waals surface area contributed by atoms with Crippen LogP contribution in [-0.4, -0.2) is 13.2 Å². The molecule has 0 bridgehead atoms. The maximum atomic E-state index is 5.20. The van der Waals surface area contributed by atoms with Crippen molar-refractivity contribution >= 4 is 0 Å². The number of methoxy groups -OCH3 is 1. The van der Waals surface area contributed by atoms with Gasteiger partial charge in [0.05, 0.1) is 7.11 Å². The van der Waals surface area contributed by atoms with Crippen molar-refractivity contribution < 1.29 is 4.74 Å². The zero-order valence-corrected chi connectivity index (χ0v) is 13.2. The van der Waals surface area contributed by atoms with Crippen LogP contribution in [0.1, 0.15) is 37.4 Å². The lowest BCUT2D eigenvalue weighted by molar-refractivity contribution is 0.414. The summed E-state index contributed by atoms with van der Waals surface area (Å²) >= 11 is 0. The second kappa shape index (κ2) is 7.84. The van der Waals surface area contributed by atoms with E-state index in [1.807, 2.05) is 12.1 Å². The second-order valence-corrected chi connectivity index (χ2v) is 5.49. The van der Waals surface area contributed by atoms with Gasteiger partial charge in [0.2, 0.25) is 0 Å². The summed E-state index contributed by atoms with van der Waals surface area (Å²) in [4.78, 5) is 0. The van der Waals surface area contributed by atoms with Gasteiger partial charge in [-0.3, -0.25) is 0 Å². The third-order valence-electron chi connectivity index (χ3n) is 3.80. The Labute approximate surface area is 128 Å². The van der Waals surface area contributed by atoms with E-state index in [-0.39, 0.29) is 0 Å². The lowest BCUT2D eigenvalue weighted by Crippen LogP contribution is -2.31. The van der Waals surface area contributed by atoms with Crippen molar-refractivity contribution in [3.05, 3.63) is 65.7 Å². The van der Waals surface area contributed by atoms with Gasteiger partial charge in [-0.05, 0) is 43.0 Å². The van der Waals surface area contributed by atoms with Crippen molar-refractivity contribution in [1.29, 1.82) is 0 Å². The Kier molecular flexibility index (Phi) is 5.82. The molecule has 0 saturated carbocycles. The highest BCUT2D eigenvalue weighted by Crippen LogP contribution is 2.18. The molecule has 0 aliphatic carbocycles. The highest BCUT2D eigenvalue weighted by Gasteiger charge is 2.12. The van der Waals surface area contributed by atoms with Crippen LogP contribution in [0.25, 0.3) is 0 Å². The van der Waals surface area contributed by atoms with E-state index in [2.05, 4.69) is 61.6 Å². The molecule has 0 heterocycles. The summed E-state index contributed by atoms with van der Waals surface area (Å²) in [6.45, 7) is 4.47. The summed E-state index contributed by atoms with van der Waals surface area (Å²) in [5.41, 5.74) is 2.69. The quantitative estimate of drug-likeness (QED) is 0.815. The maximum absolute atomic E-state index is 5.20. The zero-order valence-electron chi connectivity index (χ0n) is 13.2. The van der Waals surface area contributed by atoms with E-state index < -0.39 is 0 Å². The van der Waals surface area contributed by atoms with Gasteiger partial charge in [0.25, 0.3) is 0 Å². The van der Waals surface area contributed by atoms with Gasteiger partial charge < -0.3 is 10.1 Å². The van der Waals surface area contributed by atoms with Crippen LogP contribution >= 0.6 is 0 Å². The van der Waals surface area contributed by atoms with E-state index in [9.17, 15) is 0 Å². The Hall–Kier alpha value is -1.80. The molecule has 0 amide bonds. The lowest BCUT2D eigenvalue weighted by atomic mass is 10.0. The molecule has 2 nitrogen and oxygen atoms in total. The van der Waals surface area contributed by atoms with E-state index in [0.29, 0.717) is 12.1 Å². The first-order chi connectivity index (χ1) is 10.2. The topological polar surface area (TPSA) is 21.3 Å². The number of hydrogen-bond donors (Lipinski definition) is 1. The molecular weight excluding hydrogens is 258 g/mol. The number of benzene rings is 2. The summed E-state index contributed by atoms with van der Waals surface area (Å²) in [7, 11) is 1.70. The molecule has 0 fully saturated rings. The predicted molar refractivity (Wildman–Crippen MR) is 88.8 cm³/mol. The molecule has 0 radical (unpaired) electrons. The minimum Gasteiger partial charge on any atom is -0.497 e. The van der Waals surface area contributed by atoms with Gasteiger partial charge >= 0.3 is 0 Å². The van der Waals surface area contributed by atoms with Gasteiger partial charge in [-0.1, -0.05) is 49.4 Å². The smallest absolute Gasteiger partial charge is 0.118 e. The molecule has 112 valence electrons. The monoisotopic (exact) mass is 283 g/mol. The van der Waals surface area contributed by atoms with E-state index in [1.165, 1.54) is 11.1 Å². The average Bonchev–Trinajstić information content (AvgIpc) is 2.54. The van der Waals surface area contributed by atoms with E-state index in [4.69, 9.17) is 4.74 Å². The van der Waals surface area contributed by atoms with Gasteiger partial charge in [-0.15, -0.1) is 0 Å². The van der Waals surface area contributed by atoms with Crippen molar-refractivity contribution in [1.82, 2.24) is 5.32 Å². The number of hydrogen-bond acceptors (Lipinski definition) is 2. The Morgan fingerprint density at radius 3 is 2.24 bits per heavy atom. The fourth-order valence-electron chi connectivity index (χ4n) is 2.65. The van der Waals surface area contributed by atoms with Crippen LogP contribution in [0.2, 0.25) is 0 Å². The van der Waals surface area contributed by atoms with Crippen LogP contribution in [0.3, 0.4) is 0 Å². The summed E-state index contributed by atoms with van der Waals surface area (Å²) in [6, 6.07) is 19.8. The van der Waals surface area contributed by atoms with Gasteiger partial charge in [0.1, 0.15) is 5.75 Å². The largest absolute Gasteiger partial charge is 0.497 e. The first-order valence-electron chi connectivity index (χ1n) is 7.66. The Balaban J connectivity index is 1.94. The number of nitrogens with one attached hydrogen (secondary N) is 1. The number of rotatable bonds is 7. The molecule has 0 aromatic heterocycles. The second-order valence-electron chi connectivity index (χ2n) is 5.49. The first-order valence-corrected chi connectivity index (χ1v) is 7.66. The van der Waals surface area contributed by atoms with Crippen LogP contribution in [0, 0.1) is 0 Å². The molecular formula is C19H25NO. The van der Waals surface area contributed by atoms with Crippen molar-refractivity contribution in [3.63, 3.8) is 0 Å². The highest BCUT2D eigenvalue weighted by atomic mass is 16.5. The van der Waals surface area contributed by atoms with Crippen molar-refractivity contribution in [2.24, 2.45) is 0 Å². The summed E-state index contributed by atoms with van der Waals surface area (Å²) in [5, 5.41) is 3.73. The minimum absolute atomic E-state index is 0.416. The van der Waals surface area contributed by atoms with Crippen molar-refractivity contribution in [2.75, 3.05) is 7.11 Å². The van der Waals surface area contributed by atoms with E-state index in [1.54, 1.807) is 7.11 Å². The van der Waals surface area contributed by atoms with E-state index in [0.717, 1.165) is 18.6 Å². The minimum atomic E-state index is 0.416. The predicted octanol–water partition coefficient (Wildman–Crippen LogP) is 4.37. The summed E-state index contributed by atoms with van der Waals surface area (Å²) in [6.07, 6.45) is 2.12. The molecule has 2 aromatic carbocycles. The maximum Gasteiger partial charge on any atom is 0.118 e. The van der Waals surface area contributed by atoms with Gasteiger partial charge in [0.15, 0.2) is 0 Å². The number of ether oxygens (including phenoxy) is 1. The SMILES string of the molecule is CCC(NC(C)Cc1ccc(OC)cc1)c1ccccc1. The zero-order chi connectivity index (χ0) is 15.1. The molecule has 0 spiro atoms. The molecule has 0 aliphatic rings. The Morgan fingerprint density at radius 1 is 1.00 bits per heavy atom. The van der Waals surface area contributed by atoms with Gasteiger partial charge in [0, 0.05) is 12.1 Å². The molecule has 2 heteroatoms. The Bertz CT molecular complexity index is 521. The normalized spacial score (nSPS) is 13.7. The van der Waals surface area contributed by atoms with Crippen molar-refractivity contribution in [2.45, 2.75) is 38.8 Å². The van der Waals surface area contributed by atoms with Crippen LogP contribution in [0.15, 0.2) is 54.6 Å². The highest BCUT2D eigenvalue weighted by molar-refractivity contribution is 5.27. The standard InChI is InChI=1S/C19H25NO/c1-4-19(17-8-6-5-7-9-17)20-15(2)14-16-10-12-18(21-3)13-11-16/h5-13,15,19-20H,4,14H2,1-3H3. The molecule has 0 aliphatic heterocycles. The molecule has 21 heavy (non-hydrogen) atoms. The molecule has 1 N–H and O–H groups in total. The van der Waals surface area contributed by atoms with Crippen LogP contribution in [0.4, 0.5) is 0 Å². The molecule has 2 aromatic rings. The molecule has 2 rings (SSSR count). The Morgan fingerprint density at radius 2 is 1.67 bits per heavy atom. The van der Waals surface area contributed by atoms with Crippen LogP contribution in [0.5, 0.6) is 5.75 Å². The third-order valence-corrected chi connectivity index (χ3v) is 3.80. The fraction of sp³-hybridized carbons (Fsp3) is 0.368. The first kappa shape index (κ1) is 15.6. The average molecular weight is 283 g/mol. The van der Waals surface area contributed by atoms with Crippen molar-refractivity contribution in [3.8, 4) is 5.75 Å². The van der Waals surface area contributed by atoms with Gasteiger partial charge in [-0.2, -0.15) is 0 Å². The van der Waals surface area contributed by atoms with Gasteiger partial charge in [-0.25, -0.2) is 0 Å².